The summed E-state index contributed by atoms with van der Waals surface area (Å²) < 4.78 is 0. The first-order chi connectivity index (χ1) is 11.3. The Morgan fingerprint density at radius 3 is 1.96 bits per heavy atom. The molecule has 0 amide bonds. The molecule has 0 unspecified atom stereocenters. The third-order valence-corrected chi connectivity index (χ3v) is 5.60. The van der Waals surface area contributed by atoms with Crippen LogP contribution >= 0.6 is 0 Å². The van der Waals surface area contributed by atoms with Gasteiger partial charge in [-0.1, -0.05) is 63.2 Å². The van der Waals surface area contributed by atoms with Gasteiger partial charge in [-0.3, -0.25) is 9.59 Å². The second kappa shape index (κ2) is 6.63. The van der Waals surface area contributed by atoms with Crippen LogP contribution in [0.2, 0.25) is 0 Å². The number of benzene rings is 2. The predicted molar refractivity (Wildman–Crippen MR) is 94.0 cm³/mol. The monoisotopic (exact) mass is 328 g/mol. The van der Waals surface area contributed by atoms with Gasteiger partial charge in [-0.2, -0.15) is 0 Å². The van der Waals surface area contributed by atoms with E-state index in [0.29, 0.717) is 12.8 Å². The van der Waals surface area contributed by atoms with Gasteiger partial charge in [0.2, 0.25) is 0 Å². The van der Waals surface area contributed by atoms with Crippen molar-refractivity contribution in [1.29, 1.82) is 0 Å². The number of aliphatic carboxylic acids is 2. The van der Waals surface area contributed by atoms with E-state index in [2.05, 4.69) is 0 Å². The molecule has 0 aliphatic rings. The van der Waals surface area contributed by atoms with E-state index in [1.807, 2.05) is 56.3 Å². The van der Waals surface area contributed by atoms with E-state index in [9.17, 15) is 19.8 Å². The fraction of sp³-hybridized carbons (Fsp3) is 0.400. The summed E-state index contributed by atoms with van der Waals surface area (Å²) in [5.41, 5.74) is -1.96. The molecule has 0 aliphatic carbocycles. The summed E-state index contributed by atoms with van der Waals surface area (Å²) in [6, 6.07) is 13.4. The topological polar surface area (TPSA) is 74.6 Å². The van der Waals surface area contributed by atoms with Crippen molar-refractivity contribution in [2.45, 2.75) is 40.0 Å². The van der Waals surface area contributed by atoms with Gasteiger partial charge in [0, 0.05) is 0 Å². The summed E-state index contributed by atoms with van der Waals surface area (Å²) in [5.74, 6) is -2.54. The average Bonchev–Trinajstić information content (AvgIpc) is 2.58. The summed E-state index contributed by atoms with van der Waals surface area (Å²) in [7, 11) is 0. The Hall–Kier alpha value is -2.36. The molecule has 0 bridgehead atoms. The summed E-state index contributed by atoms with van der Waals surface area (Å²) in [5, 5.41) is 21.8. The first-order valence-electron chi connectivity index (χ1n) is 8.25. The lowest BCUT2D eigenvalue weighted by molar-refractivity contribution is -0.176. The lowest BCUT2D eigenvalue weighted by atomic mass is 9.59. The molecule has 0 spiro atoms. The van der Waals surface area contributed by atoms with Crippen LogP contribution in [0.15, 0.2) is 42.5 Å². The van der Waals surface area contributed by atoms with E-state index in [-0.39, 0.29) is 6.42 Å². The fourth-order valence-electron chi connectivity index (χ4n) is 3.48. The van der Waals surface area contributed by atoms with E-state index in [1.54, 1.807) is 6.92 Å². The fourth-order valence-corrected chi connectivity index (χ4v) is 3.48. The number of hydrogen-bond acceptors (Lipinski definition) is 2. The van der Waals surface area contributed by atoms with Crippen LogP contribution < -0.4 is 0 Å². The zero-order chi connectivity index (χ0) is 18.0. The predicted octanol–water partition coefficient (Wildman–Crippen LogP) is 4.36. The molecule has 128 valence electrons. The number of carboxylic acids is 2. The van der Waals surface area contributed by atoms with Crippen molar-refractivity contribution in [2.24, 2.45) is 10.8 Å². The van der Waals surface area contributed by atoms with Gasteiger partial charge in [-0.05, 0) is 41.0 Å². The molecule has 0 radical (unpaired) electrons. The minimum atomic E-state index is -1.85. The van der Waals surface area contributed by atoms with Gasteiger partial charge < -0.3 is 10.2 Å². The molecule has 0 aromatic heterocycles. The van der Waals surface area contributed by atoms with E-state index in [1.165, 1.54) is 0 Å². The molecule has 0 saturated heterocycles. The summed E-state index contributed by atoms with van der Waals surface area (Å²) in [6.07, 6.45) is 0.937. The van der Waals surface area contributed by atoms with Crippen LogP contribution in [-0.4, -0.2) is 22.2 Å². The second-order valence-electron chi connectivity index (χ2n) is 6.64. The molecular formula is C20H24O4. The van der Waals surface area contributed by atoms with Gasteiger partial charge in [0.15, 0.2) is 5.41 Å². The normalized spacial score (nSPS) is 12.3. The number of rotatable bonds is 7. The molecule has 4 nitrogen and oxygen atoms in total. The maximum absolute atomic E-state index is 12.1. The van der Waals surface area contributed by atoms with E-state index < -0.39 is 22.8 Å². The molecular weight excluding hydrogens is 304 g/mol. The van der Waals surface area contributed by atoms with Crippen LogP contribution in [0.25, 0.3) is 10.8 Å². The first-order valence-corrected chi connectivity index (χ1v) is 8.25. The molecule has 2 aromatic carbocycles. The van der Waals surface area contributed by atoms with Crippen molar-refractivity contribution in [3.63, 3.8) is 0 Å². The third-order valence-electron chi connectivity index (χ3n) is 5.60. The molecule has 0 fully saturated rings. The zero-order valence-corrected chi connectivity index (χ0v) is 14.4. The molecule has 2 N–H and O–H groups in total. The quantitative estimate of drug-likeness (QED) is 0.740. The lowest BCUT2D eigenvalue weighted by Gasteiger charge is -2.42. The summed E-state index contributed by atoms with van der Waals surface area (Å²) in [4.78, 5) is 24.2. The van der Waals surface area contributed by atoms with Gasteiger partial charge >= 0.3 is 11.9 Å². The smallest absolute Gasteiger partial charge is 0.321 e. The highest BCUT2D eigenvalue weighted by Gasteiger charge is 2.58. The van der Waals surface area contributed by atoms with Crippen LogP contribution in [0.3, 0.4) is 0 Å². The van der Waals surface area contributed by atoms with Gasteiger partial charge in [-0.25, -0.2) is 0 Å². The Morgan fingerprint density at radius 2 is 1.46 bits per heavy atom. The zero-order valence-electron chi connectivity index (χ0n) is 14.4. The Morgan fingerprint density at radius 1 is 0.917 bits per heavy atom. The van der Waals surface area contributed by atoms with Crippen molar-refractivity contribution in [1.82, 2.24) is 0 Å². The first kappa shape index (κ1) is 18.0. The lowest BCUT2D eigenvalue weighted by Crippen LogP contribution is -2.53. The van der Waals surface area contributed by atoms with E-state index >= 15 is 0 Å². The minimum Gasteiger partial charge on any atom is -0.480 e. The molecule has 0 heterocycles. The third kappa shape index (κ3) is 2.77. The highest BCUT2D eigenvalue weighted by atomic mass is 16.4. The molecule has 0 saturated carbocycles. The minimum absolute atomic E-state index is 0.0271. The second-order valence-corrected chi connectivity index (χ2v) is 6.64. The van der Waals surface area contributed by atoms with Gasteiger partial charge in [-0.15, -0.1) is 0 Å². The van der Waals surface area contributed by atoms with E-state index in [0.717, 1.165) is 16.3 Å². The number of carboxylic acid groups (broad SMARTS) is 2. The van der Waals surface area contributed by atoms with Crippen LogP contribution in [0.1, 0.15) is 39.2 Å². The average molecular weight is 328 g/mol. The van der Waals surface area contributed by atoms with Gasteiger partial charge in [0.25, 0.3) is 0 Å². The standard InChI is InChI=1S/C20H24O4/c1-4-19(3,5-2)20(17(21)22,18(23)24)13-14-10-11-15-8-6-7-9-16(15)12-14/h6-12H,4-5,13H2,1-3H3,(H,21,22)(H,23,24). The Kier molecular flexibility index (Phi) is 4.97. The highest BCUT2D eigenvalue weighted by molar-refractivity contribution is 5.99. The molecule has 4 heteroatoms. The summed E-state index contributed by atoms with van der Waals surface area (Å²) >= 11 is 0. The van der Waals surface area contributed by atoms with Crippen molar-refractivity contribution in [3.8, 4) is 0 Å². The molecule has 0 atom stereocenters. The highest BCUT2D eigenvalue weighted by Crippen LogP contribution is 2.48. The molecule has 24 heavy (non-hydrogen) atoms. The van der Waals surface area contributed by atoms with Crippen molar-refractivity contribution in [3.05, 3.63) is 48.0 Å². The summed E-state index contributed by atoms with van der Waals surface area (Å²) in [6.45, 7) is 5.46. The van der Waals surface area contributed by atoms with Crippen LogP contribution in [0.4, 0.5) is 0 Å². The van der Waals surface area contributed by atoms with Crippen LogP contribution in [-0.2, 0) is 16.0 Å². The van der Waals surface area contributed by atoms with Crippen molar-refractivity contribution in [2.75, 3.05) is 0 Å². The maximum Gasteiger partial charge on any atom is 0.321 e. The Balaban J connectivity index is 2.58. The van der Waals surface area contributed by atoms with Crippen LogP contribution in [0, 0.1) is 10.8 Å². The van der Waals surface area contributed by atoms with Crippen molar-refractivity contribution < 1.29 is 19.8 Å². The Labute approximate surface area is 142 Å². The number of carbonyl (C=O) groups is 2. The molecule has 0 aliphatic heterocycles. The largest absolute Gasteiger partial charge is 0.480 e. The van der Waals surface area contributed by atoms with E-state index in [4.69, 9.17) is 0 Å². The van der Waals surface area contributed by atoms with Crippen molar-refractivity contribution >= 4 is 22.7 Å². The SMILES string of the molecule is CCC(C)(CC)C(Cc1ccc2ccccc2c1)(C(=O)O)C(=O)O. The molecule has 2 aromatic rings. The number of hydrogen-bond donors (Lipinski definition) is 2. The molecule has 2 rings (SSSR count). The maximum atomic E-state index is 12.1. The van der Waals surface area contributed by atoms with Crippen LogP contribution in [0.5, 0.6) is 0 Å². The van der Waals surface area contributed by atoms with Gasteiger partial charge in [0.1, 0.15) is 0 Å². The number of fused-ring (bicyclic) bond motifs is 1. The Bertz CT molecular complexity index is 745. The van der Waals surface area contributed by atoms with Gasteiger partial charge in [0.05, 0.1) is 0 Å².